The molecular weight excluding hydrogens is 336 g/mol. The zero-order chi connectivity index (χ0) is 18.0. The van der Waals surface area contributed by atoms with Crippen molar-refractivity contribution in [1.29, 1.82) is 0 Å². The molecule has 1 aliphatic carbocycles. The van der Waals surface area contributed by atoms with Crippen molar-refractivity contribution in [3.05, 3.63) is 54.1 Å². The molecule has 0 saturated heterocycles. The van der Waals surface area contributed by atoms with Gasteiger partial charge in [0.05, 0.1) is 6.26 Å². The van der Waals surface area contributed by atoms with Crippen molar-refractivity contribution in [2.45, 2.75) is 25.2 Å². The Balaban J connectivity index is 1.83. The molecule has 1 amide bonds. The number of sulfonamides is 1. The minimum atomic E-state index is -3.30. The number of hydrogen-bond donors (Lipinski definition) is 2. The SMILES string of the molecule is CS(=O)(=O)Nc1cccc(-c2ccc(C3CCCC3C(N)=O)cc2)c1. The number of benzene rings is 2. The van der Waals surface area contributed by atoms with Crippen LogP contribution in [0.5, 0.6) is 0 Å². The molecule has 0 aliphatic heterocycles. The van der Waals surface area contributed by atoms with Crippen LogP contribution in [-0.4, -0.2) is 20.6 Å². The number of amides is 1. The lowest BCUT2D eigenvalue weighted by Crippen LogP contribution is -2.25. The van der Waals surface area contributed by atoms with Gasteiger partial charge in [0.2, 0.25) is 15.9 Å². The molecule has 0 heterocycles. The van der Waals surface area contributed by atoms with Gasteiger partial charge < -0.3 is 5.73 Å². The van der Waals surface area contributed by atoms with Gasteiger partial charge in [-0.3, -0.25) is 9.52 Å². The summed E-state index contributed by atoms with van der Waals surface area (Å²) in [5.74, 6) is -0.0935. The first kappa shape index (κ1) is 17.5. The van der Waals surface area contributed by atoms with Crippen molar-refractivity contribution in [3.63, 3.8) is 0 Å². The van der Waals surface area contributed by atoms with Crippen molar-refractivity contribution < 1.29 is 13.2 Å². The summed E-state index contributed by atoms with van der Waals surface area (Å²) in [7, 11) is -3.30. The molecule has 0 radical (unpaired) electrons. The lowest BCUT2D eigenvalue weighted by atomic mass is 9.87. The van der Waals surface area contributed by atoms with Crippen LogP contribution in [0.25, 0.3) is 11.1 Å². The number of hydrogen-bond acceptors (Lipinski definition) is 3. The molecule has 2 aromatic carbocycles. The molecule has 5 nitrogen and oxygen atoms in total. The summed E-state index contributed by atoms with van der Waals surface area (Å²) in [4.78, 5) is 11.6. The van der Waals surface area contributed by atoms with Crippen molar-refractivity contribution in [2.75, 3.05) is 11.0 Å². The number of nitrogens with one attached hydrogen (secondary N) is 1. The minimum absolute atomic E-state index is 0.0758. The van der Waals surface area contributed by atoms with Crippen molar-refractivity contribution >= 4 is 21.6 Å². The first-order chi connectivity index (χ1) is 11.8. The number of carbonyl (C=O) groups is 1. The highest BCUT2D eigenvalue weighted by atomic mass is 32.2. The van der Waals surface area contributed by atoms with Gasteiger partial charge in [-0.15, -0.1) is 0 Å². The molecule has 2 atom stereocenters. The summed E-state index contributed by atoms with van der Waals surface area (Å²) >= 11 is 0. The van der Waals surface area contributed by atoms with Crippen LogP contribution >= 0.6 is 0 Å². The van der Waals surface area contributed by atoms with Crippen molar-refractivity contribution in [2.24, 2.45) is 11.7 Å². The maximum Gasteiger partial charge on any atom is 0.229 e. The number of anilines is 1. The van der Waals surface area contributed by atoms with Gasteiger partial charge in [-0.1, -0.05) is 42.8 Å². The van der Waals surface area contributed by atoms with E-state index in [9.17, 15) is 13.2 Å². The standard InChI is InChI=1S/C19H22N2O3S/c1-25(23,24)21-16-5-2-4-15(12-16)13-8-10-14(11-9-13)17-6-3-7-18(17)19(20)22/h2,4-5,8-12,17-18,21H,3,6-7H2,1H3,(H2,20,22). The van der Waals surface area contributed by atoms with Crippen LogP contribution in [0.3, 0.4) is 0 Å². The molecule has 1 aliphatic rings. The lowest BCUT2D eigenvalue weighted by molar-refractivity contribution is -0.122. The predicted molar refractivity (Wildman–Crippen MR) is 99.6 cm³/mol. The maximum absolute atomic E-state index is 11.6. The summed E-state index contributed by atoms with van der Waals surface area (Å²) in [6, 6.07) is 15.4. The van der Waals surface area contributed by atoms with Crippen LogP contribution in [0.4, 0.5) is 5.69 Å². The highest BCUT2D eigenvalue weighted by Gasteiger charge is 2.32. The Kier molecular flexibility index (Phi) is 4.81. The number of nitrogens with two attached hydrogens (primary N) is 1. The molecule has 2 unspecified atom stereocenters. The third-order valence-corrected chi connectivity index (χ3v) is 5.33. The Bertz CT molecular complexity index is 876. The van der Waals surface area contributed by atoms with Crippen LogP contribution in [-0.2, 0) is 14.8 Å². The van der Waals surface area contributed by atoms with E-state index in [0.717, 1.165) is 42.2 Å². The summed E-state index contributed by atoms with van der Waals surface area (Å²) in [5, 5.41) is 0. The first-order valence-corrected chi connectivity index (χ1v) is 10.2. The molecule has 25 heavy (non-hydrogen) atoms. The Morgan fingerprint density at radius 3 is 2.44 bits per heavy atom. The first-order valence-electron chi connectivity index (χ1n) is 8.31. The van der Waals surface area contributed by atoms with E-state index in [4.69, 9.17) is 5.73 Å². The van der Waals surface area contributed by atoms with Crippen molar-refractivity contribution in [1.82, 2.24) is 0 Å². The van der Waals surface area contributed by atoms with E-state index in [1.54, 1.807) is 12.1 Å². The molecule has 1 saturated carbocycles. The smallest absolute Gasteiger partial charge is 0.229 e. The average Bonchev–Trinajstić information content (AvgIpc) is 3.03. The molecule has 0 spiro atoms. The van der Waals surface area contributed by atoms with Gasteiger partial charge in [-0.2, -0.15) is 0 Å². The largest absolute Gasteiger partial charge is 0.369 e. The van der Waals surface area contributed by atoms with E-state index in [0.29, 0.717) is 5.69 Å². The third-order valence-electron chi connectivity index (χ3n) is 4.72. The van der Waals surface area contributed by atoms with Gasteiger partial charge in [-0.05, 0) is 47.6 Å². The summed E-state index contributed by atoms with van der Waals surface area (Å²) in [5.41, 5.74) is 9.11. The topological polar surface area (TPSA) is 89.3 Å². The Morgan fingerprint density at radius 1 is 1.08 bits per heavy atom. The number of primary amides is 1. The normalized spacial score (nSPS) is 20.4. The fraction of sp³-hybridized carbons (Fsp3) is 0.316. The highest BCUT2D eigenvalue weighted by molar-refractivity contribution is 7.92. The lowest BCUT2D eigenvalue weighted by Gasteiger charge is -2.17. The van der Waals surface area contributed by atoms with Crippen LogP contribution in [0.15, 0.2) is 48.5 Å². The average molecular weight is 358 g/mol. The zero-order valence-corrected chi connectivity index (χ0v) is 14.9. The molecule has 3 rings (SSSR count). The van der Waals surface area contributed by atoms with Gasteiger partial charge in [0.15, 0.2) is 0 Å². The van der Waals surface area contributed by atoms with Gasteiger partial charge in [-0.25, -0.2) is 8.42 Å². The van der Waals surface area contributed by atoms with Gasteiger partial charge >= 0.3 is 0 Å². The molecule has 6 heteroatoms. The van der Waals surface area contributed by atoms with Crippen LogP contribution in [0.2, 0.25) is 0 Å². The molecule has 0 bridgehead atoms. The van der Waals surface area contributed by atoms with E-state index >= 15 is 0 Å². The third kappa shape index (κ3) is 4.20. The summed E-state index contributed by atoms with van der Waals surface area (Å²) in [6.45, 7) is 0. The van der Waals surface area contributed by atoms with Crippen LogP contribution in [0.1, 0.15) is 30.7 Å². The molecule has 1 fully saturated rings. The van der Waals surface area contributed by atoms with E-state index in [-0.39, 0.29) is 17.7 Å². The van der Waals surface area contributed by atoms with Crippen LogP contribution < -0.4 is 10.5 Å². The molecule has 3 N–H and O–H groups in total. The second kappa shape index (κ2) is 6.88. The summed E-state index contributed by atoms with van der Waals surface area (Å²) in [6.07, 6.45) is 4.01. The van der Waals surface area contributed by atoms with E-state index < -0.39 is 10.0 Å². The van der Waals surface area contributed by atoms with E-state index in [1.807, 2.05) is 36.4 Å². The monoisotopic (exact) mass is 358 g/mol. The number of rotatable bonds is 5. The highest BCUT2D eigenvalue weighted by Crippen LogP contribution is 2.40. The number of carbonyl (C=O) groups excluding carboxylic acids is 1. The molecular formula is C19H22N2O3S. The van der Waals surface area contributed by atoms with Gasteiger partial charge in [0.25, 0.3) is 0 Å². The fourth-order valence-corrected chi connectivity index (χ4v) is 4.15. The molecule has 132 valence electrons. The predicted octanol–water partition coefficient (Wildman–Crippen LogP) is 3.09. The molecule has 2 aromatic rings. The zero-order valence-electron chi connectivity index (χ0n) is 14.1. The second-order valence-electron chi connectivity index (χ2n) is 6.62. The van der Waals surface area contributed by atoms with E-state index in [2.05, 4.69) is 4.72 Å². The van der Waals surface area contributed by atoms with E-state index in [1.165, 1.54) is 0 Å². The Morgan fingerprint density at radius 2 is 1.80 bits per heavy atom. The molecule has 0 aromatic heterocycles. The maximum atomic E-state index is 11.6. The van der Waals surface area contributed by atoms with Gasteiger partial charge in [0, 0.05) is 11.6 Å². The Hall–Kier alpha value is -2.34. The fourth-order valence-electron chi connectivity index (χ4n) is 3.60. The van der Waals surface area contributed by atoms with Gasteiger partial charge in [0.1, 0.15) is 0 Å². The van der Waals surface area contributed by atoms with Crippen LogP contribution in [0, 0.1) is 5.92 Å². The Labute approximate surface area is 148 Å². The minimum Gasteiger partial charge on any atom is -0.369 e. The second-order valence-corrected chi connectivity index (χ2v) is 8.37. The quantitative estimate of drug-likeness (QED) is 0.861. The van der Waals surface area contributed by atoms with Crippen molar-refractivity contribution in [3.8, 4) is 11.1 Å². The summed E-state index contributed by atoms with van der Waals surface area (Å²) < 4.78 is 25.2.